The van der Waals surface area contributed by atoms with E-state index < -0.39 is 5.82 Å². The molecule has 4 heteroatoms. The molecule has 0 unspecified atom stereocenters. The highest BCUT2D eigenvalue weighted by molar-refractivity contribution is 6.33. The van der Waals surface area contributed by atoms with E-state index >= 15 is 0 Å². The summed E-state index contributed by atoms with van der Waals surface area (Å²) in [6.45, 7) is 0.536. The van der Waals surface area contributed by atoms with E-state index in [2.05, 4.69) is 0 Å². The van der Waals surface area contributed by atoms with Crippen LogP contribution in [-0.2, 0) is 5.41 Å². The standard InChI is InChI=1S/C10H10Cl2FN/c11-7-4-9(13)8(12)3-6(7)10(5-14)1-2-10/h3-4H,1-2,5,14H2. The van der Waals surface area contributed by atoms with Crippen molar-refractivity contribution in [1.82, 2.24) is 0 Å². The van der Waals surface area contributed by atoms with Gasteiger partial charge in [-0.15, -0.1) is 0 Å². The van der Waals surface area contributed by atoms with Crippen molar-refractivity contribution in [2.75, 3.05) is 6.54 Å². The molecule has 0 aliphatic heterocycles. The highest BCUT2D eigenvalue weighted by Crippen LogP contribution is 2.50. The van der Waals surface area contributed by atoms with Crippen molar-refractivity contribution >= 4 is 23.2 Å². The van der Waals surface area contributed by atoms with Crippen LogP contribution in [0.25, 0.3) is 0 Å². The van der Waals surface area contributed by atoms with Gasteiger partial charge in [0.2, 0.25) is 0 Å². The van der Waals surface area contributed by atoms with Gasteiger partial charge in [0.25, 0.3) is 0 Å². The summed E-state index contributed by atoms with van der Waals surface area (Å²) < 4.78 is 13.0. The molecule has 1 aliphatic carbocycles. The van der Waals surface area contributed by atoms with E-state index in [1.54, 1.807) is 6.07 Å². The lowest BCUT2D eigenvalue weighted by atomic mass is 9.96. The summed E-state index contributed by atoms with van der Waals surface area (Å²) >= 11 is 11.7. The third-order valence-electron chi connectivity index (χ3n) is 2.83. The van der Waals surface area contributed by atoms with Gasteiger partial charge >= 0.3 is 0 Å². The fourth-order valence-electron chi connectivity index (χ4n) is 1.66. The Kier molecular flexibility index (Phi) is 2.46. The molecule has 1 aromatic rings. The molecular formula is C10H10Cl2FN. The maximum Gasteiger partial charge on any atom is 0.143 e. The third kappa shape index (κ3) is 1.52. The van der Waals surface area contributed by atoms with Crippen molar-refractivity contribution < 1.29 is 4.39 Å². The first-order valence-corrected chi connectivity index (χ1v) is 5.20. The van der Waals surface area contributed by atoms with E-state index in [0.29, 0.717) is 11.6 Å². The molecule has 1 nitrogen and oxygen atoms in total. The molecule has 0 heterocycles. The van der Waals surface area contributed by atoms with E-state index in [1.807, 2.05) is 0 Å². The van der Waals surface area contributed by atoms with Gasteiger partial charge < -0.3 is 5.73 Å². The molecule has 0 radical (unpaired) electrons. The SMILES string of the molecule is NCC1(c2cc(Cl)c(F)cc2Cl)CC1. The van der Waals surface area contributed by atoms with E-state index in [-0.39, 0.29) is 10.4 Å². The monoisotopic (exact) mass is 233 g/mol. The first-order chi connectivity index (χ1) is 6.59. The van der Waals surface area contributed by atoms with Gasteiger partial charge in [-0.25, -0.2) is 4.39 Å². The Morgan fingerprint density at radius 3 is 2.43 bits per heavy atom. The Bertz CT molecular complexity index is 375. The summed E-state index contributed by atoms with van der Waals surface area (Å²) in [6.07, 6.45) is 2.01. The molecule has 0 bridgehead atoms. The van der Waals surface area contributed by atoms with Crippen LogP contribution in [0.1, 0.15) is 18.4 Å². The number of hydrogen-bond acceptors (Lipinski definition) is 1. The lowest BCUT2D eigenvalue weighted by Crippen LogP contribution is -2.20. The molecule has 76 valence electrons. The summed E-state index contributed by atoms with van der Waals surface area (Å²) in [6, 6.07) is 2.86. The Labute approximate surface area is 92.0 Å². The molecule has 14 heavy (non-hydrogen) atoms. The molecule has 2 N–H and O–H groups in total. The van der Waals surface area contributed by atoms with Gasteiger partial charge in [-0.05, 0) is 30.5 Å². The molecule has 1 aromatic carbocycles. The zero-order valence-corrected chi connectivity index (χ0v) is 9.00. The Morgan fingerprint density at radius 2 is 1.93 bits per heavy atom. The minimum absolute atomic E-state index is 0.0472. The van der Waals surface area contributed by atoms with Crippen LogP contribution in [0.2, 0.25) is 10.0 Å². The molecule has 0 spiro atoms. The van der Waals surface area contributed by atoms with Crippen LogP contribution >= 0.6 is 23.2 Å². The van der Waals surface area contributed by atoms with Crippen molar-refractivity contribution in [1.29, 1.82) is 0 Å². The molecule has 0 amide bonds. The van der Waals surface area contributed by atoms with Crippen LogP contribution in [0, 0.1) is 5.82 Å². The third-order valence-corrected chi connectivity index (χ3v) is 3.43. The number of benzene rings is 1. The van der Waals surface area contributed by atoms with Crippen LogP contribution in [0.15, 0.2) is 12.1 Å². The van der Waals surface area contributed by atoms with Crippen LogP contribution < -0.4 is 5.73 Å². The van der Waals surface area contributed by atoms with Gasteiger partial charge in [-0.2, -0.15) is 0 Å². The van der Waals surface area contributed by atoms with E-state index in [1.165, 1.54) is 6.07 Å². The second-order valence-corrected chi connectivity index (χ2v) is 4.55. The van der Waals surface area contributed by atoms with Crippen molar-refractivity contribution in [2.24, 2.45) is 5.73 Å². The van der Waals surface area contributed by atoms with E-state index in [0.717, 1.165) is 18.4 Å². The highest BCUT2D eigenvalue weighted by atomic mass is 35.5. The van der Waals surface area contributed by atoms with Gasteiger partial charge in [-0.3, -0.25) is 0 Å². The molecule has 0 atom stereocenters. The average molecular weight is 234 g/mol. The van der Waals surface area contributed by atoms with Gasteiger partial charge in [0, 0.05) is 17.0 Å². The first-order valence-electron chi connectivity index (χ1n) is 4.44. The van der Waals surface area contributed by atoms with Crippen molar-refractivity contribution in [2.45, 2.75) is 18.3 Å². The van der Waals surface area contributed by atoms with Crippen LogP contribution in [0.5, 0.6) is 0 Å². The minimum Gasteiger partial charge on any atom is -0.330 e. The zero-order chi connectivity index (χ0) is 10.3. The van der Waals surface area contributed by atoms with Gasteiger partial charge in [-0.1, -0.05) is 23.2 Å². The average Bonchev–Trinajstić information content (AvgIpc) is 2.92. The molecule has 0 saturated heterocycles. The van der Waals surface area contributed by atoms with Crippen LogP contribution in [0.3, 0.4) is 0 Å². The predicted molar refractivity (Wildman–Crippen MR) is 56.4 cm³/mol. The normalized spacial score (nSPS) is 18.3. The minimum atomic E-state index is -0.478. The highest BCUT2D eigenvalue weighted by Gasteiger charge is 2.44. The van der Waals surface area contributed by atoms with Gasteiger partial charge in [0.15, 0.2) is 0 Å². The van der Waals surface area contributed by atoms with E-state index in [4.69, 9.17) is 28.9 Å². The lowest BCUT2D eigenvalue weighted by Gasteiger charge is -2.15. The molecule has 1 fully saturated rings. The van der Waals surface area contributed by atoms with Gasteiger partial charge in [0.1, 0.15) is 5.82 Å². The lowest BCUT2D eigenvalue weighted by molar-refractivity contribution is 0.624. The number of halogens is 3. The maximum atomic E-state index is 13.0. The fraction of sp³-hybridized carbons (Fsp3) is 0.400. The van der Waals surface area contributed by atoms with Gasteiger partial charge in [0.05, 0.1) is 5.02 Å². The topological polar surface area (TPSA) is 26.0 Å². The van der Waals surface area contributed by atoms with Crippen molar-refractivity contribution in [3.63, 3.8) is 0 Å². The van der Waals surface area contributed by atoms with E-state index in [9.17, 15) is 4.39 Å². The summed E-state index contributed by atoms with van der Waals surface area (Å²) in [5.41, 5.74) is 6.50. The van der Waals surface area contributed by atoms with Crippen LogP contribution in [-0.4, -0.2) is 6.54 Å². The summed E-state index contributed by atoms with van der Waals surface area (Å²) in [7, 11) is 0. The summed E-state index contributed by atoms with van der Waals surface area (Å²) in [5.74, 6) is -0.478. The Hall–Kier alpha value is -0.310. The predicted octanol–water partition coefficient (Wildman–Crippen LogP) is 3.12. The Balaban J connectivity index is 2.49. The second-order valence-electron chi connectivity index (χ2n) is 3.73. The van der Waals surface area contributed by atoms with Crippen molar-refractivity contribution in [3.05, 3.63) is 33.6 Å². The number of hydrogen-bond donors (Lipinski definition) is 1. The summed E-state index contributed by atoms with van der Waals surface area (Å²) in [5, 5.41) is 0.541. The molecule has 1 aliphatic rings. The Morgan fingerprint density at radius 1 is 1.29 bits per heavy atom. The van der Waals surface area contributed by atoms with Crippen molar-refractivity contribution in [3.8, 4) is 0 Å². The maximum absolute atomic E-state index is 13.0. The second kappa shape index (κ2) is 3.37. The van der Waals surface area contributed by atoms with Crippen LogP contribution in [0.4, 0.5) is 4.39 Å². The molecular weight excluding hydrogens is 224 g/mol. The summed E-state index contributed by atoms with van der Waals surface area (Å²) in [4.78, 5) is 0. The molecule has 0 aromatic heterocycles. The molecule has 1 saturated carbocycles. The quantitative estimate of drug-likeness (QED) is 0.781. The molecule has 2 rings (SSSR count). The smallest absolute Gasteiger partial charge is 0.143 e. The largest absolute Gasteiger partial charge is 0.330 e. The number of nitrogens with two attached hydrogens (primary N) is 1. The number of rotatable bonds is 2. The zero-order valence-electron chi connectivity index (χ0n) is 7.49. The fourth-order valence-corrected chi connectivity index (χ4v) is 2.18. The first kappa shape index (κ1) is 10.2.